The van der Waals surface area contributed by atoms with Gasteiger partial charge in [0.25, 0.3) is 5.91 Å². The number of amides is 1. The van der Waals surface area contributed by atoms with Gasteiger partial charge in [0, 0.05) is 24.3 Å². The SMILES string of the molecule is CCOC(=O)c1ccc(NC(=O)c2cc(S(=O)(=O)N3CCCCCC3)ccc2C)cc1. The van der Waals surface area contributed by atoms with E-state index in [9.17, 15) is 18.0 Å². The van der Waals surface area contributed by atoms with Crippen LogP contribution in [-0.2, 0) is 14.8 Å². The number of benzene rings is 2. The maximum absolute atomic E-state index is 13.1. The van der Waals surface area contributed by atoms with Crippen LogP contribution in [0.25, 0.3) is 0 Å². The van der Waals surface area contributed by atoms with Crippen LogP contribution in [0.5, 0.6) is 0 Å². The number of nitrogens with zero attached hydrogens (tertiary/aromatic N) is 1. The predicted octanol–water partition coefficient (Wildman–Crippen LogP) is 3.99. The number of rotatable bonds is 6. The monoisotopic (exact) mass is 444 g/mol. The lowest BCUT2D eigenvalue weighted by Gasteiger charge is -2.20. The van der Waals surface area contributed by atoms with Gasteiger partial charge in [-0.15, -0.1) is 0 Å². The number of esters is 1. The number of carbonyl (C=O) groups excluding carboxylic acids is 2. The fourth-order valence-electron chi connectivity index (χ4n) is 3.54. The van der Waals surface area contributed by atoms with Crippen molar-refractivity contribution >= 4 is 27.6 Å². The summed E-state index contributed by atoms with van der Waals surface area (Å²) in [6, 6.07) is 11.0. The number of anilines is 1. The second-order valence-electron chi connectivity index (χ2n) is 7.55. The number of hydrogen-bond acceptors (Lipinski definition) is 5. The molecule has 0 bridgehead atoms. The third kappa shape index (κ3) is 5.51. The van der Waals surface area contributed by atoms with E-state index in [1.54, 1.807) is 50.2 Å². The Balaban J connectivity index is 1.79. The molecular formula is C23H28N2O5S. The highest BCUT2D eigenvalue weighted by Gasteiger charge is 2.26. The van der Waals surface area contributed by atoms with Crippen molar-refractivity contribution in [2.45, 2.75) is 44.4 Å². The summed E-state index contributed by atoms with van der Waals surface area (Å²) >= 11 is 0. The van der Waals surface area contributed by atoms with E-state index in [2.05, 4.69) is 5.32 Å². The van der Waals surface area contributed by atoms with Gasteiger partial charge in [-0.3, -0.25) is 4.79 Å². The molecule has 1 aliphatic heterocycles. The number of aryl methyl sites for hydroxylation is 1. The Kier molecular flexibility index (Phi) is 7.46. The first-order chi connectivity index (χ1) is 14.8. The van der Waals surface area contributed by atoms with Crippen molar-refractivity contribution in [1.82, 2.24) is 4.31 Å². The molecule has 1 fully saturated rings. The smallest absolute Gasteiger partial charge is 0.338 e. The Morgan fingerprint density at radius 1 is 1.00 bits per heavy atom. The molecule has 0 saturated carbocycles. The van der Waals surface area contributed by atoms with Gasteiger partial charge in [0.1, 0.15) is 0 Å². The largest absolute Gasteiger partial charge is 0.462 e. The number of carbonyl (C=O) groups is 2. The van der Waals surface area contributed by atoms with Crippen LogP contribution in [0.2, 0.25) is 0 Å². The second kappa shape index (κ2) is 10.1. The lowest BCUT2D eigenvalue weighted by Crippen LogP contribution is -2.32. The Bertz CT molecular complexity index is 1040. The average Bonchev–Trinajstić information content (AvgIpc) is 3.05. The van der Waals surface area contributed by atoms with E-state index in [4.69, 9.17) is 4.74 Å². The Morgan fingerprint density at radius 3 is 2.26 bits per heavy atom. The zero-order chi connectivity index (χ0) is 22.4. The molecule has 0 spiro atoms. The van der Waals surface area contributed by atoms with E-state index in [1.807, 2.05) is 0 Å². The van der Waals surface area contributed by atoms with Crippen LogP contribution in [0.3, 0.4) is 0 Å². The van der Waals surface area contributed by atoms with Crippen LogP contribution >= 0.6 is 0 Å². The van der Waals surface area contributed by atoms with E-state index >= 15 is 0 Å². The normalized spacial score (nSPS) is 15.2. The van der Waals surface area contributed by atoms with Crippen molar-refractivity contribution in [2.24, 2.45) is 0 Å². The molecule has 1 aliphatic rings. The predicted molar refractivity (Wildman–Crippen MR) is 119 cm³/mol. The minimum atomic E-state index is -3.65. The van der Waals surface area contributed by atoms with Gasteiger partial charge >= 0.3 is 5.97 Å². The Morgan fingerprint density at radius 2 is 1.65 bits per heavy atom. The molecule has 1 N–H and O–H groups in total. The van der Waals surface area contributed by atoms with Crippen molar-refractivity contribution < 1.29 is 22.7 Å². The van der Waals surface area contributed by atoms with Crippen LogP contribution in [0.4, 0.5) is 5.69 Å². The lowest BCUT2D eigenvalue weighted by molar-refractivity contribution is 0.0526. The molecule has 2 aromatic carbocycles. The third-order valence-electron chi connectivity index (χ3n) is 5.31. The van der Waals surface area contributed by atoms with Crippen molar-refractivity contribution in [2.75, 3.05) is 25.0 Å². The standard InChI is InChI=1S/C23H28N2O5S/c1-3-30-23(27)18-9-11-19(12-10-18)24-22(26)21-16-20(13-8-17(21)2)31(28,29)25-14-6-4-5-7-15-25/h8-13,16H,3-7,14-15H2,1-2H3,(H,24,26). The minimum Gasteiger partial charge on any atom is -0.462 e. The first kappa shape index (κ1) is 23.0. The van der Waals surface area contributed by atoms with Crippen LogP contribution in [0.1, 0.15) is 58.9 Å². The summed E-state index contributed by atoms with van der Waals surface area (Å²) in [5.74, 6) is -0.836. The van der Waals surface area contributed by atoms with Gasteiger partial charge in [-0.05, 0) is 68.7 Å². The minimum absolute atomic E-state index is 0.128. The fourth-order valence-corrected chi connectivity index (χ4v) is 5.08. The molecule has 0 radical (unpaired) electrons. The fraction of sp³-hybridized carbons (Fsp3) is 0.391. The number of sulfonamides is 1. The number of ether oxygens (including phenoxy) is 1. The lowest BCUT2D eigenvalue weighted by atomic mass is 10.1. The highest BCUT2D eigenvalue weighted by atomic mass is 32.2. The maximum atomic E-state index is 13.1. The zero-order valence-electron chi connectivity index (χ0n) is 17.9. The molecule has 1 heterocycles. The first-order valence-electron chi connectivity index (χ1n) is 10.5. The molecule has 31 heavy (non-hydrogen) atoms. The van der Waals surface area contributed by atoms with E-state index in [0.29, 0.717) is 35.5 Å². The van der Waals surface area contributed by atoms with E-state index in [0.717, 1.165) is 25.7 Å². The number of nitrogens with one attached hydrogen (secondary N) is 1. The summed E-state index contributed by atoms with van der Waals surface area (Å²) < 4.78 is 32.6. The molecule has 2 aromatic rings. The summed E-state index contributed by atoms with van der Waals surface area (Å²) in [5, 5.41) is 2.77. The Hall–Kier alpha value is -2.71. The molecule has 0 aliphatic carbocycles. The highest BCUT2D eigenvalue weighted by molar-refractivity contribution is 7.89. The average molecular weight is 445 g/mol. The van der Waals surface area contributed by atoms with Crippen molar-refractivity contribution in [1.29, 1.82) is 0 Å². The van der Waals surface area contributed by atoms with Gasteiger partial charge in [-0.1, -0.05) is 18.9 Å². The molecule has 0 atom stereocenters. The first-order valence-corrected chi connectivity index (χ1v) is 12.0. The van der Waals surface area contributed by atoms with Gasteiger partial charge in [-0.25, -0.2) is 13.2 Å². The molecule has 1 amide bonds. The van der Waals surface area contributed by atoms with Gasteiger partial charge < -0.3 is 10.1 Å². The molecule has 1 saturated heterocycles. The molecule has 166 valence electrons. The van der Waals surface area contributed by atoms with E-state index in [1.165, 1.54) is 10.4 Å². The van der Waals surface area contributed by atoms with Crippen LogP contribution < -0.4 is 5.32 Å². The molecule has 0 aromatic heterocycles. The molecular weight excluding hydrogens is 416 g/mol. The molecule has 3 rings (SSSR count). The van der Waals surface area contributed by atoms with Crippen LogP contribution in [0.15, 0.2) is 47.4 Å². The maximum Gasteiger partial charge on any atom is 0.338 e. The van der Waals surface area contributed by atoms with Crippen LogP contribution in [-0.4, -0.2) is 44.3 Å². The van der Waals surface area contributed by atoms with Gasteiger partial charge in [0.15, 0.2) is 0 Å². The van der Waals surface area contributed by atoms with Crippen molar-refractivity contribution in [3.63, 3.8) is 0 Å². The summed E-state index contributed by atoms with van der Waals surface area (Å²) in [6.07, 6.45) is 3.76. The molecule has 7 nitrogen and oxygen atoms in total. The van der Waals surface area contributed by atoms with Crippen molar-refractivity contribution in [3.8, 4) is 0 Å². The van der Waals surface area contributed by atoms with Gasteiger partial charge in [0.2, 0.25) is 10.0 Å². The summed E-state index contributed by atoms with van der Waals surface area (Å²) in [5.41, 5.74) is 1.86. The van der Waals surface area contributed by atoms with E-state index in [-0.39, 0.29) is 11.5 Å². The second-order valence-corrected chi connectivity index (χ2v) is 9.48. The van der Waals surface area contributed by atoms with Crippen molar-refractivity contribution in [3.05, 3.63) is 59.2 Å². The van der Waals surface area contributed by atoms with Gasteiger partial charge in [-0.2, -0.15) is 4.31 Å². The highest BCUT2D eigenvalue weighted by Crippen LogP contribution is 2.23. The molecule has 0 unspecified atom stereocenters. The topological polar surface area (TPSA) is 92.8 Å². The number of hydrogen-bond donors (Lipinski definition) is 1. The quantitative estimate of drug-likeness (QED) is 0.680. The van der Waals surface area contributed by atoms with E-state index < -0.39 is 21.9 Å². The summed E-state index contributed by atoms with van der Waals surface area (Å²) in [7, 11) is -3.65. The molecule has 8 heteroatoms. The zero-order valence-corrected chi connectivity index (χ0v) is 18.7. The summed E-state index contributed by atoms with van der Waals surface area (Å²) in [4.78, 5) is 24.7. The Labute approximate surface area is 183 Å². The van der Waals surface area contributed by atoms with Crippen LogP contribution in [0, 0.1) is 6.92 Å². The van der Waals surface area contributed by atoms with Gasteiger partial charge in [0.05, 0.1) is 17.1 Å². The third-order valence-corrected chi connectivity index (χ3v) is 7.21. The summed E-state index contributed by atoms with van der Waals surface area (Å²) in [6.45, 7) is 4.79.